The van der Waals surface area contributed by atoms with Crippen LogP contribution in [0.5, 0.6) is 0 Å². The molecule has 0 saturated carbocycles. The van der Waals surface area contributed by atoms with Gasteiger partial charge in [0.25, 0.3) is 0 Å². The average Bonchev–Trinajstić information content (AvgIpc) is 3.12. The predicted octanol–water partition coefficient (Wildman–Crippen LogP) is 0.646. The fraction of sp³-hybridized carbons (Fsp3) is 0.429. The maximum Gasteiger partial charge on any atom is 0.310 e. The van der Waals surface area contributed by atoms with Gasteiger partial charge in [-0.05, 0) is 12.1 Å². The highest BCUT2D eigenvalue weighted by Gasteiger charge is 2.67. The van der Waals surface area contributed by atoms with Gasteiger partial charge in [0.1, 0.15) is 17.3 Å². The molecule has 0 aromatic carbocycles. The lowest BCUT2D eigenvalue weighted by atomic mass is 9.77. The van der Waals surface area contributed by atoms with Crippen molar-refractivity contribution in [2.75, 3.05) is 6.54 Å². The summed E-state index contributed by atoms with van der Waals surface area (Å²) in [6, 6.07) is 3.55. The number of hydrogen-bond acceptors (Lipinski definition) is 4. The number of carboxylic acid groups (broad SMARTS) is 1. The molecule has 1 amide bonds. The Morgan fingerprint density at radius 3 is 3.10 bits per heavy atom. The van der Waals surface area contributed by atoms with E-state index in [1.807, 2.05) is 6.08 Å². The molecule has 4 atom stereocenters. The quantitative estimate of drug-likeness (QED) is 0.819. The van der Waals surface area contributed by atoms with E-state index >= 15 is 0 Å². The molecule has 104 valence electrons. The average molecular weight is 275 g/mol. The molecule has 6 nitrogen and oxygen atoms in total. The van der Waals surface area contributed by atoms with Crippen molar-refractivity contribution in [3.05, 3.63) is 36.3 Å². The van der Waals surface area contributed by atoms with Gasteiger partial charge in [-0.25, -0.2) is 0 Å². The van der Waals surface area contributed by atoms with Gasteiger partial charge in [-0.15, -0.1) is 0 Å². The van der Waals surface area contributed by atoms with E-state index in [1.165, 1.54) is 0 Å². The Hall–Kier alpha value is -2.08. The van der Waals surface area contributed by atoms with E-state index in [9.17, 15) is 14.7 Å². The Balaban J connectivity index is 1.65. The normalized spacial score (nSPS) is 37.7. The summed E-state index contributed by atoms with van der Waals surface area (Å²) in [5.74, 6) is -1.86. The summed E-state index contributed by atoms with van der Waals surface area (Å²) in [5.41, 5.74) is -0.766. The summed E-state index contributed by atoms with van der Waals surface area (Å²) in [6.45, 7) is 0.728. The van der Waals surface area contributed by atoms with Crippen LogP contribution in [-0.4, -0.2) is 40.1 Å². The second kappa shape index (κ2) is 3.73. The van der Waals surface area contributed by atoms with Crippen molar-refractivity contribution in [1.29, 1.82) is 0 Å². The molecule has 2 saturated heterocycles. The Bertz CT molecular complexity index is 607. The number of fused-ring (bicyclic) bond motifs is 1. The third-order valence-corrected chi connectivity index (χ3v) is 4.39. The number of furan rings is 1. The van der Waals surface area contributed by atoms with Gasteiger partial charge in [-0.2, -0.15) is 0 Å². The van der Waals surface area contributed by atoms with Crippen LogP contribution in [-0.2, 0) is 20.9 Å². The second-order valence-corrected chi connectivity index (χ2v) is 5.51. The highest BCUT2D eigenvalue weighted by Crippen LogP contribution is 2.52. The third kappa shape index (κ3) is 1.37. The number of likely N-dealkylation sites (tertiary alicyclic amines) is 1. The molecule has 0 aliphatic carbocycles. The highest BCUT2D eigenvalue weighted by molar-refractivity contribution is 5.90. The highest BCUT2D eigenvalue weighted by atomic mass is 16.5. The van der Waals surface area contributed by atoms with E-state index in [-0.39, 0.29) is 5.91 Å². The number of nitrogens with zero attached hydrogens (tertiary/aromatic N) is 1. The largest absolute Gasteiger partial charge is 0.481 e. The molecule has 20 heavy (non-hydrogen) atoms. The van der Waals surface area contributed by atoms with Crippen LogP contribution in [0, 0.1) is 11.8 Å². The number of hydrogen-bond donors (Lipinski definition) is 1. The van der Waals surface area contributed by atoms with E-state index in [0.717, 1.165) is 0 Å². The zero-order chi connectivity index (χ0) is 13.9. The Morgan fingerprint density at radius 2 is 2.40 bits per heavy atom. The Labute approximate surface area is 114 Å². The van der Waals surface area contributed by atoms with Gasteiger partial charge < -0.3 is 19.2 Å². The number of ether oxygens (including phenoxy) is 1. The number of carbonyl (C=O) groups is 2. The van der Waals surface area contributed by atoms with Crippen molar-refractivity contribution in [1.82, 2.24) is 4.90 Å². The van der Waals surface area contributed by atoms with Crippen molar-refractivity contribution in [3.63, 3.8) is 0 Å². The Kier molecular flexibility index (Phi) is 2.18. The first-order valence-corrected chi connectivity index (χ1v) is 6.52. The predicted molar refractivity (Wildman–Crippen MR) is 65.5 cm³/mol. The molecule has 3 aliphatic rings. The summed E-state index contributed by atoms with van der Waals surface area (Å²) in [5, 5.41) is 9.34. The molecule has 3 aliphatic heterocycles. The van der Waals surface area contributed by atoms with Crippen LogP contribution >= 0.6 is 0 Å². The van der Waals surface area contributed by atoms with E-state index in [2.05, 4.69) is 0 Å². The van der Waals surface area contributed by atoms with Crippen LogP contribution in [0.25, 0.3) is 0 Å². The Morgan fingerprint density at radius 1 is 1.55 bits per heavy atom. The monoisotopic (exact) mass is 275 g/mol. The number of carboxylic acids is 1. The standard InChI is InChI=1S/C14H13NO5/c16-12-11-10(13(17)18)9-3-4-14(11,20-9)7-15(12)6-8-2-1-5-19-8/h1-5,9-11H,6-7H2,(H,17,18)/t9-,10+,11-,14+/m1/s1. The van der Waals surface area contributed by atoms with Crippen LogP contribution < -0.4 is 0 Å². The van der Waals surface area contributed by atoms with E-state index in [0.29, 0.717) is 18.8 Å². The second-order valence-electron chi connectivity index (χ2n) is 5.51. The van der Waals surface area contributed by atoms with Crippen LogP contribution in [0.2, 0.25) is 0 Å². The van der Waals surface area contributed by atoms with Gasteiger partial charge in [0.2, 0.25) is 5.91 Å². The van der Waals surface area contributed by atoms with Gasteiger partial charge in [0, 0.05) is 0 Å². The lowest BCUT2D eigenvalue weighted by Gasteiger charge is -2.21. The first-order valence-electron chi connectivity index (χ1n) is 6.52. The van der Waals surface area contributed by atoms with Gasteiger partial charge in [-0.1, -0.05) is 12.2 Å². The molecular weight excluding hydrogens is 262 g/mol. The zero-order valence-electron chi connectivity index (χ0n) is 10.6. The maximum atomic E-state index is 12.5. The van der Waals surface area contributed by atoms with Crippen LogP contribution in [0.4, 0.5) is 0 Å². The fourth-order valence-corrected chi connectivity index (χ4v) is 3.58. The smallest absolute Gasteiger partial charge is 0.310 e. The number of aliphatic carboxylic acids is 1. The molecular formula is C14H13NO5. The first-order chi connectivity index (χ1) is 9.61. The molecule has 1 spiro atoms. The van der Waals surface area contributed by atoms with Gasteiger partial charge in [-0.3, -0.25) is 9.59 Å². The SMILES string of the molecule is O=C(O)[C@H]1[C@H]2C=C[C@@]3(CN(Cc4ccco4)C(=O)[C@@H]13)O2. The van der Waals surface area contributed by atoms with Crippen molar-refractivity contribution in [2.45, 2.75) is 18.2 Å². The van der Waals surface area contributed by atoms with Crippen LogP contribution in [0.15, 0.2) is 35.0 Å². The molecule has 4 heterocycles. The lowest BCUT2D eigenvalue weighted by Crippen LogP contribution is -2.39. The summed E-state index contributed by atoms with van der Waals surface area (Å²) in [6.07, 6.45) is 4.69. The molecule has 4 rings (SSSR count). The molecule has 1 aromatic rings. The van der Waals surface area contributed by atoms with Gasteiger partial charge in [0.05, 0.1) is 31.4 Å². The molecule has 1 N–H and O–H groups in total. The van der Waals surface area contributed by atoms with Crippen molar-refractivity contribution in [3.8, 4) is 0 Å². The summed E-state index contributed by atoms with van der Waals surface area (Å²) >= 11 is 0. The summed E-state index contributed by atoms with van der Waals surface area (Å²) in [7, 11) is 0. The van der Waals surface area contributed by atoms with E-state index < -0.39 is 29.5 Å². The van der Waals surface area contributed by atoms with E-state index in [4.69, 9.17) is 9.15 Å². The van der Waals surface area contributed by atoms with Gasteiger partial charge >= 0.3 is 5.97 Å². The van der Waals surface area contributed by atoms with Gasteiger partial charge in [0.15, 0.2) is 0 Å². The third-order valence-electron chi connectivity index (χ3n) is 4.39. The minimum absolute atomic E-state index is 0.166. The summed E-state index contributed by atoms with van der Waals surface area (Å²) < 4.78 is 11.0. The minimum Gasteiger partial charge on any atom is -0.481 e. The van der Waals surface area contributed by atoms with Crippen molar-refractivity contribution in [2.24, 2.45) is 11.8 Å². The van der Waals surface area contributed by atoms with Crippen molar-refractivity contribution < 1.29 is 23.8 Å². The molecule has 1 aromatic heterocycles. The van der Waals surface area contributed by atoms with Crippen molar-refractivity contribution >= 4 is 11.9 Å². The van der Waals surface area contributed by atoms with Crippen LogP contribution in [0.1, 0.15) is 5.76 Å². The summed E-state index contributed by atoms with van der Waals surface area (Å²) in [4.78, 5) is 25.5. The number of amides is 1. The number of carbonyl (C=O) groups excluding carboxylic acids is 1. The molecule has 2 fully saturated rings. The van der Waals surface area contributed by atoms with Crippen LogP contribution in [0.3, 0.4) is 0 Å². The lowest BCUT2D eigenvalue weighted by molar-refractivity contribution is -0.148. The maximum absolute atomic E-state index is 12.5. The molecule has 0 unspecified atom stereocenters. The first kappa shape index (κ1) is 11.7. The molecule has 0 radical (unpaired) electrons. The topological polar surface area (TPSA) is 80.0 Å². The zero-order valence-corrected chi connectivity index (χ0v) is 10.6. The molecule has 6 heteroatoms. The molecule has 2 bridgehead atoms. The minimum atomic E-state index is -0.973. The van der Waals surface area contributed by atoms with E-state index in [1.54, 1.807) is 29.4 Å². The number of rotatable bonds is 3. The fourth-order valence-electron chi connectivity index (χ4n) is 3.58.